The van der Waals surface area contributed by atoms with Gasteiger partial charge in [-0.25, -0.2) is 0 Å². The number of carbonyl (C=O) groups is 1. The fraction of sp³-hybridized carbons (Fsp3) is 0.222. The van der Waals surface area contributed by atoms with Crippen molar-refractivity contribution >= 4 is 5.97 Å². The van der Waals surface area contributed by atoms with E-state index >= 15 is 0 Å². The standard InChI is InChI=1S/C9H10O2.H3N/c1-7-5-3-4-6-9(7)11-8(2)10;/h3-6H,1-2H3;1H3. The lowest BCUT2D eigenvalue weighted by molar-refractivity contribution is -0.131. The van der Waals surface area contributed by atoms with Crippen molar-refractivity contribution in [2.45, 2.75) is 13.8 Å². The van der Waals surface area contributed by atoms with E-state index in [0.29, 0.717) is 5.75 Å². The Balaban J connectivity index is 0.00000121. The monoisotopic (exact) mass is 167 g/mol. The van der Waals surface area contributed by atoms with Crippen LogP contribution in [-0.4, -0.2) is 5.97 Å². The van der Waals surface area contributed by atoms with Gasteiger partial charge in [-0.1, -0.05) is 18.2 Å². The number of hydrogen-bond donors (Lipinski definition) is 1. The van der Waals surface area contributed by atoms with Crippen LogP contribution in [0.3, 0.4) is 0 Å². The SMILES string of the molecule is CC(=O)Oc1ccccc1C.N. The van der Waals surface area contributed by atoms with Crippen molar-refractivity contribution in [2.24, 2.45) is 0 Å². The van der Waals surface area contributed by atoms with Crippen molar-refractivity contribution in [3.05, 3.63) is 29.8 Å². The van der Waals surface area contributed by atoms with E-state index in [4.69, 9.17) is 4.74 Å². The summed E-state index contributed by atoms with van der Waals surface area (Å²) in [6.07, 6.45) is 0. The quantitative estimate of drug-likeness (QED) is 0.514. The topological polar surface area (TPSA) is 61.3 Å². The van der Waals surface area contributed by atoms with Gasteiger partial charge >= 0.3 is 5.97 Å². The van der Waals surface area contributed by atoms with Crippen LogP contribution in [0.1, 0.15) is 12.5 Å². The Morgan fingerprint density at radius 1 is 1.33 bits per heavy atom. The van der Waals surface area contributed by atoms with E-state index in [9.17, 15) is 4.79 Å². The zero-order chi connectivity index (χ0) is 8.27. The summed E-state index contributed by atoms with van der Waals surface area (Å²) in [6, 6.07) is 7.42. The van der Waals surface area contributed by atoms with Gasteiger partial charge in [-0.3, -0.25) is 4.79 Å². The summed E-state index contributed by atoms with van der Waals surface area (Å²) in [5.74, 6) is 0.360. The summed E-state index contributed by atoms with van der Waals surface area (Å²) in [7, 11) is 0. The van der Waals surface area contributed by atoms with E-state index in [1.54, 1.807) is 6.07 Å². The van der Waals surface area contributed by atoms with Crippen LogP contribution < -0.4 is 10.9 Å². The Bertz CT molecular complexity index is 271. The highest BCUT2D eigenvalue weighted by Gasteiger charge is 1.99. The number of ether oxygens (including phenoxy) is 1. The normalized spacial score (nSPS) is 8.50. The summed E-state index contributed by atoms with van der Waals surface area (Å²) in [5.41, 5.74) is 0.975. The van der Waals surface area contributed by atoms with E-state index in [2.05, 4.69) is 0 Å². The van der Waals surface area contributed by atoms with E-state index in [0.717, 1.165) is 5.56 Å². The molecule has 1 rings (SSSR count). The highest BCUT2D eigenvalue weighted by molar-refractivity contribution is 5.69. The molecule has 0 unspecified atom stereocenters. The molecule has 0 saturated heterocycles. The van der Waals surface area contributed by atoms with Crippen LogP contribution in [0.2, 0.25) is 0 Å². The van der Waals surface area contributed by atoms with Gasteiger partial charge in [-0.15, -0.1) is 0 Å². The van der Waals surface area contributed by atoms with Crippen LogP contribution in [0.5, 0.6) is 5.75 Å². The number of benzene rings is 1. The maximum absolute atomic E-state index is 10.5. The third kappa shape index (κ3) is 2.72. The molecule has 0 spiro atoms. The highest BCUT2D eigenvalue weighted by atomic mass is 16.5. The van der Waals surface area contributed by atoms with E-state index in [1.807, 2.05) is 25.1 Å². The van der Waals surface area contributed by atoms with Crippen LogP contribution in [0.25, 0.3) is 0 Å². The predicted octanol–water partition coefficient (Wildman–Crippen LogP) is 2.08. The molecule has 1 aromatic rings. The first kappa shape index (κ1) is 10.7. The average Bonchev–Trinajstić information content (AvgIpc) is 1.93. The second kappa shape index (κ2) is 4.51. The molecule has 0 atom stereocenters. The molecule has 0 saturated carbocycles. The number of rotatable bonds is 1. The summed E-state index contributed by atoms with van der Waals surface area (Å²) < 4.78 is 4.91. The zero-order valence-corrected chi connectivity index (χ0v) is 7.33. The second-order valence-corrected chi connectivity index (χ2v) is 2.36. The second-order valence-electron chi connectivity index (χ2n) is 2.36. The van der Waals surface area contributed by atoms with E-state index in [1.165, 1.54) is 6.92 Å². The number of para-hydroxylation sites is 1. The van der Waals surface area contributed by atoms with Gasteiger partial charge in [0.1, 0.15) is 5.75 Å². The number of aryl methyl sites for hydroxylation is 1. The third-order valence-corrected chi connectivity index (χ3v) is 1.35. The van der Waals surface area contributed by atoms with Gasteiger partial charge in [0.15, 0.2) is 0 Å². The molecule has 0 heterocycles. The van der Waals surface area contributed by atoms with Gasteiger partial charge in [0.05, 0.1) is 0 Å². The molecule has 0 aliphatic rings. The van der Waals surface area contributed by atoms with Crippen LogP contribution >= 0.6 is 0 Å². The molecule has 0 aliphatic carbocycles. The largest absolute Gasteiger partial charge is 0.426 e. The van der Waals surface area contributed by atoms with Gasteiger partial charge in [0.25, 0.3) is 0 Å². The first-order valence-electron chi connectivity index (χ1n) is 3.44. The van der Waals surface area contributed by atoms with Gasteiger partial charge in [-0.05, 0) is 18.6 Å². The lowest BCUT2D eigenvalue weighted by Crippen LogP contribution is -2.02. The minimum atomic E-state index is -0.278. The van der Waals surface area contributed by atoms with Crippen LogP contribution in [0.4, 0.5) is 0 Å². The first-order chi connectivity index (χ1) is 5.20. The molecular formula is C9H13NO2. The van der Waals surface area contributed by atoms with Crippen LogP contribution in [0.15, 0.2) is 24.3 Å². The molecule has 0 fully saturated rings. The van der Waals surface area contributed by atoms with Crippen molar-refractivity contribution in [3.8, 4) is 5.75 Å². The zero-order valence-electron chi connectivity index (χ0n) is 7.33. The fourth-order valence-electron chi connectivity index (χ4n) is 0.826. The van der Waals surface area contributed by atoms with Gasteiger partial charge in [0, 0.05) is 6.92 Å². The number of carbonyl (C=O) groups excluding carboxylic acids is 1. The lowest BCUT2D eigenvalue weighted by atomic mass is 10.2. The minimum Gasteiger partial charge on any atom is -0.426 e. The summed E-state index contributed by atoms with van der Waals surface area (Å²) in [5, 5.41) is 0. The molecule has 0 bridgehead atoms. The maximum atomic E-state index is 10.5. The van der Waals surface area contributed by atoms with Crippen molar-refractivity contribution in [1.29, 1.82) is 0 Å². The molecule has 12 heavy (non-hydrogen) atoms. The summed E-state index contributed by atoms with van der Waals surface area (Å²) >= 11 is 0. The predicted molar refractivity (Wildman–Crippen MR) is 47.5 cm³/mol. The van der Waals surface area contributed by atoms with Gasteiger partial charge < -0.3 is 10.9 Å². The first-order valence-corrected chi connectivity index (χ1v) is 3.44. The Morgan fingerprint density at radius 3 is 2.42 bits per heavy atom. The Morgan fingerprint density at radius 2 is 1.92 bits per heavy atom. The van der Waals surface area contributed by atoms with Crippen molar-refractivity contribution in [1.82, 2.24) is 6.15 Å². The average molecular weight is 167 g/mol. The summed E-state index contributed by atoms with van der Waals surface area (Å²) in [4.78, 5) is 10.5. The molecule has 0 radical (unpaired) electrons. The van der Waals surface area contributed by atoms with Crippen LogP contribution in [0, 0.1) is 6.92 Å². The van der Waals surface area contributed by atoms with E-state index in [-0.39, 0.29) is 12.1 Å². The molecule has 66 valence electrons. The van der Waals surface area contributed by atoms with Gasteiger partial charge in [-0.2, -0.15) is 0 Å². The molecule has 0 amide bonds. The van der Waals surface area contributed by atoms with Crippen LogP contribution in [-0.2, 0) is 4.79 Å². The van der Waals surface area contributed by atoms with Crippen molar-refractivity contribution < 1.29 is 9.53 Å². The van der Waals surface area contributed by atoms with Gasteiger partial charge in [0.2, 0.25) is 0 Å². The molecule has 0 aliphatic heterocycles. The number of esters is 1. The Hall–Kier alpha value is -1.35. The molecule has 1 aromatic carbocycles. The van der Waals surface area contributed by atoms with Crippen molar-refractivity contribution in [2.75, 3.05) is 0 Å². The molecular weight excluding hydrogens is 154 g/mol. The fourth-order valence-corrected chi connectivity index (χ4v) is 0.826. The number of hydrogen-bond acceptors (Lipinski definition) is 3. The molecule has 3 heteroatoms. The maximum Gasteiger partial charge on any atom is 0.308 e. The minimum absolute atomic E-state index is 0. The van der Waals surface area contributed by atoms with E-state index < -0.39 is 0 Å². The molecule has 0 aromatic heterocycles. The molecule has 3 N–H and O–H groups in total. The van der Waals surface area contributed by atoms with Crippen molar-refractivity contribution in [3.63, 3.8) is 0 Å². The Labute approximate surface area is 71.9 Å². The third-order valence-electron chi connectivity index (χ3n) is 1.35. The summed E-state index contributed by atoms with van der Waals surface area (Å²) in [6.45, 7) is 3.30. The molecule has 3 nitrogen and oxygen atoms in total. The smallest absolute Gasteiger partial charge is 0.308 e. The Kier molecular flexibility index (Phi) is 4.00. The lowest BCUT2D eigenvalue weighted by Gasteiger charge is -2.02. The highest BCUT2D eigenvalue weighted by Crippen LogP contribution is 2.15.